The predicted molar refractivity (Wildman–Crippen MR) is 142 cm³/mol. The number of likely N-dealkylation sites (N-methyl/N-ethyl adjacent to an activating group) is 1. The van der Waals surface area contributed by atoms with Crippen molar-refractivity contribution < 1.29 is 36.7 Å². The summed E-state index contributed by atoms with van der Waals surface area (Å²) in [5.74, 6) is -4.72. The maximum Gasteiger partial charge on any atom is 0.416 e. The van der Waals surface area contributed by atoms with E-state index in [9.17, 15) is 36.7 Å². The van der Waals surface area contributed by atoms with Crippen LogP contribution in [-0.4, -0.2) is 69.8 Å². The number of imide groups is 1. The Hall–Kier alpha value is -4.29. The third-order valence-electron chi connectivity index (χ3n) is 8.38. The molecule has 0 saturated carbocycles. The summed E-state index contributed by atoms with van der Waals surface area (Å²) in [6.45, 7) is 3.50. The van der Waals surface area contributed by atoms with E-state index in [4.69, 9.17) is 0 Å². The van der Waals surface area contributed by atoms with Crippen molar-refractivity contribution in [1.29, 1.82) is 0 Å². The molecule has 2 fully saturated rings. The summed E-state index contributed by atoms with van der Waals surface area (Å²) in [4.78, 5) is 55.8. The molecule has 42 heavy (non-hydrogen) atoms. The number of aromatic amines is 1. The van der Waals surface area contributed by atoms with E-state index in [2.05, 4.69) is 15.5 Å². The summed E-state index contributed by atoms with van der Waals surface area (Å²) in [6.07, 6.45) is -2.77. The minimum absolute atomic E-state index is 0.103. The standard InChI is InChI=1S/C29H29F4N5O4/c1-15(2)23(35-24(39)19-13-18(29(31,32)33)6-7-20(19)30)26(41)38-10-8-28(9-11-38)22(25(40)37(3)27(28)42)16-4-5-17-14-34-36-21(17)12-16/h4-7,12-15,22-23H,8-11H2,1-3H3,(H,34,36)(H,35,39)/t22?,23-/m1/s1. The van der Waals surface area contributed by atoms with Crippen molar-refractivity contribution in [3.63, 3.8) is 0 Å². The Morgan fingerprint density at radius 1 is 1.10 bits per heavy atom. The topological polar surface area (TPSA) is 115 Å². The molecule has 0 bridgehead atoms. The molecule has 2 atom stereocenters. The molecule has 2 aliphatic heterocycles. The summed E-state index contributed by atoms with van der Waals surface area (Å²) >= 11 is 0. The Morgan fingerprint density at radius 3 is 2.43 bits per heavy atom. The molecular weight excluding hydrogens is 558 g/mol. The number of benzene rings is 2. The third-order valence-corrected chi connectivity index (χ3v) is 8.38. The first-order chi connectivity index (χ1) is 19.7. The second-order valence-electron chi connectivity index (χ2n) is 11.2. The quantitative estimate of drug-likeness (QED) is 0.348. The Balaban J connectivity index is 1.35. The number of amides is 4. The first-order valence-electron chi connectivity index (χ1n) is 13.5. The van der Waals surface area contributed by atoms with Gasteiger partial charge in [0, 0.05) is 25.5 Å². The van der Waals surface area contributed by atoms with E-state index in [1.54, 1.807) is 32.2 Å². The molecule has 5 rings (SSSR count). The van der Waals surface area contributed by atoms with Crippen molar-refractivity contribution in [2.24, 2.45) is 11.3 Å². The fourth-order valence-electron chi connectivity index (χ4n) is 6.02. The van der Waals surface area contributed by atoms with E-state index in [0.717, 1.165) is 15.8 Å². The van der Waals surface area contributed by atoms with E-state index in [-0.39, 0.29) is 37.7 Å². The summed E-state index contributed by atoms with van der Waals surface area (Å²) in [7, 11) is 1.44. The van der Waals surface area contributed by atoms with Crippen LogP contribution in [0.4, 0.5) is 17.6 Å². The maximum atomic E-state index is 14.3. The van der Waals surface area contributed by atoms with Crippen LogP contribution in [0.15, 0.2) is 42.6 Å². The van der Waals surface area contributed by atoms with Gasteiger partial charge in [0.05, 0.1) is 34.2 Å². The fourth-order valence-corrected chi connectivity index (χ4v) is 6.02. The molecule has 1 spiro atoms. The van der Waals surface area contributed by atoms with Gasteiger partial charge >= 0.3 is 6.18 Å². The molecular formula is C29H29F4N5O4. The molecule has 2 N–H and O–H groups in total. The second-order valence-corrected chi connectivity index (χ2v) is 11.2. The largest absolute Gasteiger partial charge is 0.416 e. The normalized spacial score (nSPS) is 19.7. The zero-order valence-electron chi connectivity index (χ0n) is 23.1. The first kappa shape index (κ1) is 29.2. The van der Waals surface area contributed by atoms with Gasteiger partial charge in [-0.1, -0.05) is 26.0 Å². The summed E-state index contributed by atoms with van der Waals surface area (Å²) in [5.41, 5.74) is -1.71. The molecule has 2 saturated heterocycles. The van der Waals surface area contributed by atoms with Gasteiger partial charge in [-0.25, -0.2) is 4.39 Å². The number of H-pyrrole nitrogens is 1. The summed E-state index contributed by atoms with van der Waals surface area (Å²) in [6, 6.07) is 5.76. The van der Waals surface area contributed by atoms with E-state index in [1.807, 2.05) is 6.07 Å². The van der Waals surface area contributed by atoms with Crippen molar-refractivity contribution in [1.82, 2.24) is 25.3 Å². The van der Waals surface area contributed by atoms with Gasteiger partial charge in [-0.05, 0) is 48.6 Å². The van der Waals surface area contributed by atoms with Crippen molar-refractivity contribution in [2.75, 3.05) is 20.1 Å². The average molecular weight is 588 g/mol. The smallest absolute Gasteiger partial charge is 0.341 e. The van der Waals surface area contributed by atoms with Crippen LogP contribution < -0.4 is 5.32 Å². The lowest BCUT2D eigenvalue weighted by molar-refractivity contribution is -0.144. The lowest BCUT2D eigenvalue weighted by Crippen LogP contribution is -2.55. The molecule has 2 aliphatic rings. The van der Waals surface area contributed by atoms with E-state index in [1.165, 1.54) is 11.9 Å². The molecule has 222 valence electrons. The van der Waals surface area contributed by atoms with Crippen LogP contribution in [0.5, 0.6) is 0 Å². The zero-order chi connectivity index (χ0) is 30.6. The Labute approximate surface area is 238 Å². The van der Waals surface area contributed by atoms with Crippen LogP contribution in [0.1, 0.15) is 54.1 Å². The van der Waals surface area contributed by atoms with Gasteiger partial charge < -0.3 is 10.2 Å². The molecule has 4 amide bonds. The monoisotopic (exact) mass is 587 g/mol. The molecule has 3 aromatic rings. The van der Waals surface area contributed by atoms with Gasteiger partial charge in [-0.15, -0.1) is 0 Å². The Bertz CT molecular complexity index is 1580. The van der Waals surface area contributed by atoms with Crippen LogP contribution in [0.3, 0.4) is 0 Å². The van der Waals surface area contributed by atoms with Gasteiger partial charge in [0.15, 0.2) is 0 Å². The van der Waals surface area contributed by atoms with Gasteiger partial charge in [0.2, 0.25) is 17.7 Å². The maximum absolute atomic E-state index is 14.3. The van der Waals surface area contributed by atoms with Gasteiger partial charge in [-0.2, -0.15) is 18.3 Å². The van der Waals surface area contributed by atoms with Gasteiger partial charge in [0.1, 0.15) is 11.9 Å². The van der Waals surface area contributed by atoms with Crippen LogP contribution >= 0.6 is 0 Å². The SMILES string of the molecule is CC(C)[C@@H](NC(=O)c1cc(C(F)(F)F)ccc1F)C(=O)N1CCC2(CC1)C(=O)N(C)C(=O)C2c1ccc2cn[nH]c2c1. The zero-order valence-corrected chi connectivity index (χ0v) is 23.1. The van der Waals surface area contributed by atoms with Gasteiger partial charge in [-0.3, -0.25) is 29.2 Å². The molecule has 3 heterocycles. The lowest BCUT2D eigenvalue weighted by Gasteiger charge is -2.41. The number of nitrogens with zero attached hydrogens (tertiary/aromatic N) is 3. The summed E-state index contributed by atoms with van der Waals surface area (Å²) < 4.78 is 53.8. The number of nitrogens with one attached hydrogen (secondary N) is 2. The van der Waals surface area contributed by atoms with Crippen molar-refractivity contribution in [3.8, 4) is 0 Å². The van der Waals surface area contributed by atoms with Gasteiger partial charge in [0.25, 0.3) is 5.91 Å². The number of hydrogen-bond donors (Lipinski definition) is 2. The number of carbonyl (C=O) groups is 4. The average Bonchev–Trinajstić information content (AvgIpc) is 3.48. The fraction of sp³-hybridized carbons (Fsp3) is 0.414. The minimum Gasteiger partial charge on any atom is -0.341 e. The van der Waals surface area contributed by atoms with E-state index < -0.39 is 58.2 Å². The van der Waals surface area contributed by atoms with Crippen molar-refractivity contribution >= 4 is 34.5 Å². The number of aromatic nitrogens is 2. The first-order valence-corrected chi connectivity index (χ1v) is 13.5. The minimum atomic E-state index is -4.78. The molecule has 0 radical (unpaired) electrons. The van der Waals surface area contributed by atoms with E-state index in [0.29, 0.717) is 23.8 Å². The Morgan fingerprint density at radius 2 is 1.79 bits per heavy atom. The molecule has 2 aromatic carbocycles. The van der Waals surface area contributed by atoms with Crippen LogP contribution in [0.25, 0.3) is 10.9 Å². The predicted octanol–water partition coefficient (Wildman–Crippen LogP) is 3.87. The van der Waals surface area contributed by atoms with E-state index >= 15 is 0 Å². The lowest BCUT2D eigenvalue weighted by atomic mass is 9.67. The Kier molecular flexibility index (Phi) is 7.32. The molecule has 13 heteroatoms. The van der Waals surface area contributed by atoms with Crippen LogP contribution in [-0.2, 0) is 20.6 Å². The van der Waals surface area contributed by atoms with Crippen molar-refractivity contribution in [3.05, 3.63) is 65.1 Å². The number of likely N-dealkylation sites (tertiary alicyclic amines) is 2. The molecule has 0 aliphatic carbocycles. The molecule has 1 unspecified atom stereocenters. The highest BCUT2D eigenvalue weighted by atomic mass is 19.4. The number of carbonyl (C=O) groups excluding carboxylic acids is 4. The molecule has 1 aromatic heterocycles. The third kappa shape index (κ3) is 4.90. The number of piperidine rings is 1. The highest BCUT2D eigenvalue weighted by Gasteiger charge is 2.59. The molecule has 9 nitrogen and oxygen atoms in total. The highest BCUT2D eigenvalue weighted by Crippen LogP contribution is 2.51. The number of halogens is 4. The number of rotatable bonds is 5. The van der Waals surface area contributed by atoms with Crippen LogP contribution in [0.2, 0.25) is 0 Å². The number of alkyl halides is 3. The second kappa shape index (κ2) is 10.5. The number of hydrogen-bond acceptors (Lipinski definition) is 5. The number of fused-ring (bicyclic) bond motifs is 1. The van der Waals surface area contributed by atoms with Crippen LogP contribution in [0, 0.1) is 17.2 Å². The summed E-state index contributed by atoms with van der Waals surface area (Å²) in [5, 5.41) is 10.1. The van der Waals surface area contributed by atoms with Crippen molar-refractivity contribution in [2.45, 2.75) is 44.8 Å². The highest BCUT2D eigenvalue weighted by molar-refractivity contribution is 6.10.